The lowest BCUT2D eigenvalue weighted by atomic mass is 10.0. The van der Waals surface area contributed by atoms with E-state index in [2.05, 4.69) is 0 Å². The van der Waals surface area contributed by atoms with Crippen LogP contribution in [0.15, 0.2) is 12.1 Å². The van der Waals surface area contributed by atoms with Crippen molar-refractivity contribution in [3.8, 4) is 0 Å². The number of halogens is 8. The Morgan fingerprint density at radius 2 is 1.67 bits per heavy atom. The zero-order valence-corrected chi connectivity index (χ0v) is 10.0. The van der Waals surface area contributed by atoms with Crippen LogP contribution in [-0.4, -0.2) is 6.43 Å². The molecule has 0 aromatic heterocycles. The van der Waals surface area contributed by atoms with E-state index >= 15 is 0 Å². The standard InChI is InChI=1S/C9H6ClF6N.ClH/c10-5-2-3(9(14,15)16)1-4(6(5)11)7(17)8(12)13;/h1-2,7-8H,17H2;1H/t7-;/m1./s1. The van der Waals surface area contributed by atoms with Gasteiger partial charge in [-0.25, -0.2) is 13.2 Å². The maximum absolute atomic E-state index is 13.3. The van der Waals surface area contributed by atoms with Crippen molar-refractivity contribution in [3.05, 3.63) is 34.1 Å². The van der Waals surface area contributed by atoms with Gasteiger partial charge in [0, 0.05) is 5.56 Å². The Morgan fingerprint density at radius 1 is 1.17 bits per heavy atom. The van der Waals surface area contributed by atoms with Gasteiger partial charge in [0.05, 0.1) is 16.6 Å². The van der Waals surface area contributed by atoms with E-state index in [1.54, 1.807) is 0 Å². The normalized spacial score (nSPS) is 13.4. The summed E-state index contributed by atoms with van der Waals surface area (Å²) in [6, 6.07) is -1.61. The van der Waals surface area contributed by atoms with Crippen LogP contribution in [0.3, 0.4) is 0 Å². The van der Waals surface area contributed by atoms with Gasteiger partial charge in [-0.05, 0) is 12.1 Å². The molecule has 1 atom stereocenters. The summed E-state index contributed by atoms with van der Waals surface area (Å²) in [4.78, 5) is 0. The number of nitrogens with two attached hydrogens (primary N) is 1. The third kappa shape index (κ3) is 3.66. The lowest BCUT2D eigenvalue weighted by molar-refractivity contribution is -0.137. The first-order valence-electron chi connectivity index (χ1n) is 4.24. The maximum Gasteiger partial charge on any atom is 0.416 e. The summed E-state index contributed by atoms with van der Waals surface area (Å²) in [5, 5.41) is -0.897. The molecule has 0 unspecified atom stereocenters. The first-order chi connectivity index (χ1) is 7.64. The van der Waals surface area contributed by atoms with Crippen molar-refractivity contribution in [3.63, 3.8) is 0 Å². The summed E-state index contributed by atoms with van der Waals surface area (Å²) < 4.78 is 74.7. The highest BCUT2D eigenvalue weighted by molar-refractivity contribution is 6.30. The van der Waals surface area contributed by atoms with Gasteiger partial charge < -0.3 is 5.73 Å². The molecule has 104 valence electrons. The molecular formula is C9H7Cl2F6N. The molecule has 0 saturated carbocycles. The van der Waals surface area contributed by atoms with Crippen LogP contribution in [0.2, 0.25) is 5.02 Å². The van der Waals surface area contributed by atoms with Crippen molar-refractivity contribution >= 4 is 24.0 Å². The lowest BCUT2D eigenvalue weighted by Gasteiger charge is -2.15. The fourth-order valence-electron chi connectivity index (χ4n) is 1.15. The lowest BCUT2D eigenvalue weighted by Crippen LogP contribution is -2.21. The highest BCUT2D eigenvalue weighted by Crippen LogP contribution is 2.35. The van der Waals surface area contributed by atoms with Crippen molar-refractivity contribution in [2.45, 2.75) is 18.6 Å². The van der Waals surface area contributed by atoms with E-state index in [0.717, 1.165) is 0 Å². The topological polar surface area (TPSA) is 26.0 Å². The molecule has 1 nitrogen and oxygen atoms in total. The van der Waals surface area contributed by atoms with Gasteiger partial charge in [0.15, 0.2) is 0 Å². The molecule has 1 rings (SSSR count). The van der Waals surface area contributed by atoms with E-state index in [4.69, 9.17) is 17.3 Å². The van der Waals surface area contributed by atoms with E-state index < -0.39 is 40.6 Å². The molecule has 0 bridgehead atoms. The summed E-state index contributed by atoms with van der Waals surface area (Å²) in [7, 11) is 0. The Bertz CT molecular complexity index is 420. The van der Waals surface area contributed by atoms with Crippen molar-refractivity contribution in [1.82, 2.24) is 0 Å². The zero-order valence-electron chi connectivity index (χ0n) is 8.44. The summed E-state index contributed by atoms with van der Waals surface area (Å²) in [5.41, 5.74) is 2.62. The largest absolute Gasteiger partial charge is 0.416 e. The second-order valence-corrected chi connectivity index (χ2v) is 3.63. The molecule has 0 aliphatic heterocycles. The zero-order chi connectivity index (χ0) is 13.4. The molecule has 0 saturated heterocycles. The van der Waals surface area contributed by atoms with Gasteiger partial charge >= 0.3 is 6.18 Å². The molecule has 0 aliphatic rings. The number of hydrogen-bond acceptors (Lipinski definition) is 1. The van der Waals surface area contributed by atoms with Gasteiger partial charge in [0.2, 0.25) is 0 Å². The van der Waals surface area contributed by atoms with Crippen LogP contribution in [0.1, 0.15) is 17.2 Å². The van der Waals surface area contributed by atoms with Crippen LogP contribution in [0.4, 0.5) is 26.3 Å². The van der Waals surface area contributed by atoms with Crippen LogP contribution in [0.25, 0.3) is 0 Å². The van der Waals surface area contributed by atoms with Crippen molar-refractivity contribution < 1.29 is 26.3 Å². The molecule has 0 amide bonds. The summed E-state index contributed by atoms with van der Waals surface area (Å²) in [6.45, 7) is 0. The second-order valence-electron chi connectivity index (χ2n) is 3.22. The summed E-state index contributed by atoms with van der Waals surface area (Å²) in [5.74, 6) is -1.37. The minimum absolute atomic E-state index is 0. The van der Waals surface area contributed by atoms with E-state index in [-0.39, 0.29) is 18.5 Å². The third-order valence-corrected chi connectivity index (χ3v) is 2.29. The monoisotopic (exact) mass is 313 g/mol. The van der Waals surface area contributed by atoms with E-state index in [1.807, 2.05) is 0 Å². The van der Waals surface area contributed by atoms with Crippen LogP contribution in [0.5, 0.6) is 0 Å². The van der Waals surface area contributed by atoms with Crippen LogP contribution in [-0.2, 0) is 6.18 Å². The molecule has 0 radical (unpaired) electrons. The molecule has 0 heterocycles. The molecule has 9 heteroatoms. The summed E-state index contributed by atoms with van der Waals surface area (Å²) >= 11 is 5.20. The molecule has 1 aromatic carbocycles. The highest BCUT2D eigenvalue weighted by Gasteiger charge is 2.34. The SMILES string of the molecule is Cl.N[C@H](c1cc(C(F)(F)F)cc(Cl)c1F)C(F)F. The van der Waals surface area contributed by atoms with Gasteiger partial charge in [0.25, 0.3) is 6.43 Å². The Balaban J connectivity index is 0.00000289. The van der Waals surface area contributed by atoms with E-state index in [1.165, 1.54) is 0 Å². The highest BCUT2D eigenvalue weighted by atomic mass is 35.5. The molecule has 0 spiro atoms. The molecule has 0 fully saturated rings. The van der Waals surface area contributed by atoms with E-state index in [0.29, 0.717) is 6.07 Å². The van der Waals surface area contributed by atoms with Gasteiger partial charge in [-0.3, -0.25) is 0 Å². The minimum atomic E-state index is -4.81. The molecule has 0 aliphatic carbocycles. The van der Waals surface area contributed by atoms with Gasteiger partial charge in [-0.15, -0.1) is 12.4 Å². The summed E-state index contributed by atoms with van der Waals surface area (Å²) in [6.07, 6.45) is -8.00. The molecule has 2 N–H and O–H groups in total. The third-order valence-electron chi connectivity index (χ3n) is 2.01. The van der Waals surface area contributed by atoms with Crippen molar-refractivity contribution in [2.24, 2.45) is 5.73 Å². The van der Waals surface area contributed by atoms with Crippen LogP contribution < -0.4 is 5.73 Å². The Kier molecular flexibility index (Phi) is 5.77. The Labute approximate surface area is 109 Å². The maximum atomic E-state index is 13.3. The fourth-order valence-corrected chi connectivity index (χ4v) is 1.38. The number of hydrogen-bond donors (Lipinski definition) is 1. The van der Waals surface area contributed by atoms with Crippen molar-refractivity contribution in [1.29, 1.82) is 0 Å². The molecular weight excluding hydrogens is 307 g/mol. The second kappa shape index (κ2) is 5.99. The van der Waals surface area contributed by atoms with Gasteiger partial charge in [-0.2, -0.15) is 13.2 Å². The number of alkyl halides is 5. The van der Waals surface area contributed by atoms with Crippen molar-refractivity contribution in [2.75, 3.05) is 0 Å². The van der Waals surface area contributed by atoms with Crippen LogP contribution >= 0.6 is 24.0 Å². The number of benzene rings is 1. The molecule has 18 heavy (non-hydrogen) atoms. The smallest absolute Gasteiger partial charge is 0.319 e. The van der Waals surface area contributed by atoms with Gasteiger partial charge in [0.1, 0.15) is 5.82 Å². The minimum Gasteiger partial charge on any atom is -0.319 e. The Hall–Kier alpha value is -0.660. The predicted octanol–water partition coefficient (Wildman–Crippen LogP) is 4.18. The first-order valence-corrected chi connectivity index (χ1v) is 4.62. The first kappa shape index (κ1) is 17.3. The average molecular weight is 314 g/mol. The number of rotatable bonds is 2. The van der Waals surface area contributed by atoms with Gasteiger partial charge in [-0.1, -0.05) is 11.6 Å². The fraction of sp³-hybridized carbons (Fsp3) is 0.333. The average Bonchev–Trinajstić information content (AvgIpc) is 2.19. The Morgan fingerprint density at radius 3 is 2.06 bits per heavy atom. The quantitative estimate of drug-likeness (QED) is 0.814. The van der Waals surface area contributed by atoms with Crippen LogP contribution in [0, 0.1) is 5.82 Å². The predicted molar refractivity (Wildman–Crippen MR) is 56.6 cm³/mol. The van der Waals surface area contributed by atoms with E-state index in [9.17, 15) is 26.3 Å². The molecule has 1 aromatic rings.